The summed E-state index contributed by atoms with van der Waals surface area (Å²) in [4.78, 5) is 4.74. The van der Waals surface area contributed by atoms with E-state index in [2.05, 4.69) is 62.7 Å². The number of rotatable bonds is 2. The van der Waals surface area contributed by atoms with Crippen LogP contribution in [0.5, 0.6) is 0 Å². The van der Waals surface area contributed by atoms with E-state index < -0.39 is 0 Å². The second-order valence-corrected chi connectivity index (χ2v) is 8.01. The zero-order valence-corrected chi connectivity index (χ0v) is 15.2. The van der Waals surface area contributed by atoms with Crippen molar-refractivity contribution in [2.75, 3.05) is 13.1 Å². The predicted octanol–water partition coefficient (Wildman–Crippen LogP) is 2.18. The highest BCUT2D eigenvalue weighted by molar-refractivity contribution is 6.62. The Morgan fingerprint density at radius 3 is 2.54 bits per heavy atom. The Labute approximate surface area is 143 Å². The van der Waals surface area contributed by atoms with Crippen molar-refractivity contribution in [2.24, 2.45) is 0 Å². The van der Waals surface area contributed by atoms with Crippen LogP contribution in [0.25, 0.3) is 11.0 Å². The maximum absolute atomic E-state index is 6.21. The number of benzene rings is 1. The molecule has 2 saturated heterocycles. The maximum Gasteiger partial charge on any atom is 0.494 e. The van der Waals surface area contributed by atoms with Crippen LogP contribution in [0.15, 0.2) is 18.2 Å². The van der Waals surface area contributed by atoms with Crippen molar-refractivity contribution in [3.63, 3.8) is 0 Å². The summed E-state index contributed by atoms with van der Waals surface area (Å²) in [5, 5.41) is 3.45. The summed E-state index contributed by atoms with van der Waals surface area (Å²) in [6, 6.07) is 6.83. The van der Waals surface area contributed by atoms with E-state index in [4.69, 9.17) is 14.3 Å². The molecule has 6 heteroatoms. The predicted molar refractivity (Wildman–Crippen MR) is 96.7 cm³/mol. The van der Waals surface area contributed by atoms with Gasteiger partial charge in [-0.1, -0.05) is 6.07 Å². The van der Waals surface area contributed by atoms with Crippen molar-refractivity contribution >= 4 is 23.6 Å². The Bertz CT molecular complexity index is 762. The summed E-state index contributed by atoms with van der Waals surface area (Å²) in [6.45, 7) is 12.5. The molecule has 0 bridgehead atoms. The topological polar surface area (TPSA) is 48.3 Å². The van der Waals surface area contributed by atoms with Gasteiger partial charge in [0.25, 0.3) is 0 Å². The summed E-state index contributed by atoms with van der Waals surface area (Å²) < 4.78 is 14.8. The van der Waals surface area contributed by atoms with Crippen LogP contribution >= 0.6 is 0 Å². The van der Waals surface area contributed by atoms with Crippen molar-refractivity contribution in [1.29, 1.82) is 0 Å². The van der Waals surface area contributed by atoms with Gasteiger partial charge in [-0.25, -0.2) is 4.98 Å². The van der Waals surface area contributed by atoms with Gasteiger partial charge in [0.15, 0.2) is 0 Å². The highest BCUT2D eigenvalue weighted by atomic mass is 16.7. The van der Waals surface area contributed by atoms with Crippen LogP contribution in [0.2, 0.25) is 0 Å². The molecule has 5 nitrogen and oxygen atoms in total. The van der Waals surface area contributed by atoms with Crippen molar-refractivity contribution in [2.45, 2.75) is 58.3 Å². The number of aromatic nitrogens is 2. The number of hydrogen-bond donors (Lipinski definition) is 1. The van der Waals surface area contributed by atoms with Crippen LogP contribution < -0.4 is 10.8 Å². The number of imidazole rings is 1. The van der Waals surface area contributed by atoms with E-state index in [-0.39, 0.29) is 18.3 Å². The molecule has 2 aromatic rings. The summed E-state index contributed by atoms with van der Waals surface area (Å²) >= 11 is 0. The molecule has 0 radical (unpaired) electrons. The van der Waals surface area contributed by atoms with Gasteiger partial charge in [0.05, 0.1) is 22.2 Å². The maximum atomic E-state index is 6.21. The normalized spacial score (nSPS) is 25.7. The third-order valence-corrected chi connectivity index (χ3v) is 5.81. The van der Waals surface area contributed by atoms with E-state index in [0.29, 0.717) is 6.04 Å². The molecule has 2 aliphatic heterocycles. The third-order valence-electron chi connectivity index (χ3n) is 5.81. The smallest absolute Gasteiger partial charge is 0.399 e. The minimum Gasteiger partial charge on any atom is -0.399 e. The summed E-state index contributed by atoms with van der Waals surface area (Å²) in [5.74, 6) is 1.07. The zero-order valence-electron chi connectivity index (χ0n) is 15.2. The molecular formula is C18H26BN3O2. The fourth-order valence-corrected chi connectivity index (χ4v) is 3.68. The van der Waals surface area contributed by atoms with Crippen LogP contribution in [0, 0.1) is 6.92 Å². The second kappa shape index (κ2) is 5.31. The van der Waals surface area contributed by atoms with Gasteiger partial charge < -0.3 is 19.2 Å². The molecule has 0 amide bonds. The molecule has 2 fully saturated rings. The zero-order chi connectivity index (χ0) is 17.1. The van der Waals surface area contributed by atoms with Crippen molar-refractivity contribution in [3.05, 3.63) is 24.0 Å². The lowest BCUT2D eigenvalue weighted by Crippen LogP contribution is -2.41. The van der Waals surface area contributed by atoms with E-state index in [1.165, 1.54) is 5.52 Å². The first-order chi connectivity index (χ1) is 11.3. The molecule has 1 N–H and O–H groups in total. The van der Waals surface area contributed by atoms with E-state index in [9.17, 15) is 0 Å². The minimum absolute atomic E-state index is 0.321. The van der Waals surface area contributed by atoms with Gasteiger partial charge in [0, 0.05) is 12.6 Å². The standard InChI is InChI=1S/C18H26BN3O2/c1-12-21-15-7-6-13(19-23-17(2,3)18(4,5)24-19)10-16(15)22(12)14-8-9-20-11-14/h6-7,10,14,20H,8-9,11H2,1-5H3. The first-order valence-corrected chi connectivity index (χ1v) is 8.83. The lowest BCUT2D eigenvalue weighted by atomic mass is 9.79. The van der Waals surface area contributed by atoms with Gasteiger partial charge in [-0.2, -0.15) is 0 Å². The fourth-order valence-electron chi connectivity index (χ4n) is 3.68. The van der Waals surface area contributed by atoms with Gasteiger partial charge in [-0.15, -0.1) is 0 Å². The Morgan fingerprint density at radius 1 is 1.21 bits per heavy atom. The van der Waals surface area contributed by atoms with Crippen molar-refractivity contribution < 1.29 is 9.31 Å². The number of aryl methyl sites for hydroxylation is 1. The number of fused-ring (bicyclic) bond motifs is 1. The number of nitrogens with zero attached hydrogens (tertiary/aromatic N) is 2. The quantitative estimate of drug-likeness (QED) is 0.859. The lowest BCUT2D eigenvalue weighted by Gasteiger charge is -2.32. The molecular weight excluding hydrogens is 301 g/mol. The Morgan fingerprint density at radius 2 is 1.92 bits per heavy atom. The van der Waals surface area contributed by atoms with Gasteiger partial charge in [-0.3, -0.25) is 0 Å². The van der Waals surface area contributed by atoms with Crippen LogP contribution in [-0.2, 0) is 9.31 Å². The largest absolute Gasteiger partial charge is 0.494 e. The van der Waals surface area contributed by atoms with E-state index in [1.807, 2.05) is 0 Å². The van der Waals surface area contributed by atoms with Crippen LogP contribution in [-0.4, -0.2) is 41.0 Å². The molecule has 24 heavy (non-hydrogen) atoms. The third kappa shape index (κ3) is 2.39. The van der Waals surface area contributed by atoms with Gasteiger partial charge in [0.2, 0.25) is 0 Å². The van der Waals surface area contributed by atoms with Crippen LogP contribution in [0.3, 0.4) is 0 Å². The molecule has 1 unspecified atom stereocenters. The summed E-state index contributed by atoms with van der Waals surface area (Å²) in [7, 11) is -0.329. The highest BCUT2D eigenvalue weighted by Crippen LogP contribution is 2.36. The lowest BCUT2D eigenvalue weighted by molar-refractivity contribution is 0.00578. The monoisotopic (exact) mass is 327 g/mol. The van der Waals surface area contributed by atoms with Crippen molar-refractivity contribution in [3.8, 4) is 0 Å². The second-order valence-electron chi connectivity index (χ2n) is 8.01. The molecule has 4 rings (SSSR count). The average Bonchev–Trinajstić information content (AvgIpc) is 3.15. The summed E-state index contributed by atoms with van der Waals surface area (Å²) in [6.07, 6.45) is 1.15. The Hall–Kier alpha value is -1.37. The molecule has 0 aliphatic carbocycles. The van der Waals surface area contributed by atoms with Gasteiger partial charge >= 0.3 is 7.12 Å². The average molecular weight is 327 g/mol. The summed E-state index contributed by atoms with van der Waals surface area (Å²) in [5.41, 5.74) is 2.64. The fraction of sp³-hybridized carbons (Fsp3) is 0.611. The molecule has 3 heterocycles. The van der Waals surface area contributed by atoms with Crippen LogP contribution in [0.4, 0.5) is 0 Å². The van der Waals surface area contributed by atoms with Gasteiger partial charge in [-0.05, 0) is 65.2 Å². The highest BCUT2D eigenvalue weighted by Gasteiger charge is 2.51. The van der Waals surface area contributed by atoms with Gasteiger partial charge in [0.1, 0.15) is 5.82 Å². The Balaban J connectivity index is 1.75. The first kappa shape index (κ1) is 16.1. The van der Waals surface area contributed by atoms with Crippen LogP contribution in [0.1, 0.15) is 46.0 Å². The SMILES string of the molecule is Cc1nc2ccc(B3OC(C)(C)C(C)(C)O3)cc2n1C1CCNC1. The Kier molecular flexibility index (Phi) is 3.57. The molecule has 1 aromatic heterocycles. The van der Waals surface area contributed by atoms with E-state index in [0.717, 1.165) is 36.3 Å². The minimum atomic E-state index is -0.329. The molecule has 1 atom stereocenters. The number of nitrogens with one attached hydrogen (secondary N) is 1. The van der Waals surface area contributed by atoms with Crippen molar-refractivity contribution in [1.82, 2.24) is 14.9 Å². The van der Waals surface area contributed by atoms with E-state index in [1.54, 1.807) is 0 Å². The molecule has 2 aliphatic rings. The molecule has 128 valence electrons. The molecule has 1 aromatic carbocycles. The first-order valence-electron chi connectivity index (χ1n) is 8.83. The molecule has 0 saturated carbocycles. The van der Waals surface area contributed by atoms with E-state index >= 15 is 0 Å². The number of hydrogen-bond acceptors (Lipinski definition) is 4. The molecule has 0 spiro atoms.